The number of anilines is 1. The normalized spacial score (nSPS) is 16.1. The van der Waals surface area contributed by atoms with Gasteiger partial charge in [0.05, 0.1) is 5.56 Å². The van der Waals surface area contributed by atoms with Gasteiger partial charge in [-0.25, -0.2) is 9.18 Å². The smallest absolute Gasteiger partial charge is 0.338 e. The summed E-state index contributed by atoms with van der Waals surface area (Å²) in [7, 11) is 0. The number of benzene rings is 1. The van der Waals surface area contributed by atoms with E-state index in [9.17, 15) is 9.18 Å². The van der Waals surface area contributed by atoms with Crippen molar-refractivity contribution in [3.05, 3.63) is 29.6 Å². The molecule has 0 aliphatic heterocycles. The van der Waals surface area contributed by atoms with Gasteiger partial charge in [0.25, 0.3) is 0 Å². The number of carboxylic acids is 1. The Kier molecular flexibility index (Phi) is 3.61. The van der Waals surface area contributed by atoms with Crippen LogP contribution in [0.2, 0.25) is 0 Å². The van der Waals surface area contributed by atoms with Crippen molar-refractivity contribution < 1.29 is 14.3 Å². The average molecular weight is 237 g/mol. The molecule has 1 saturated carbocycles. The zero-order chi connectivity index (χ0) is 12.3. The Morgan fingerprint density at radius 1 is 1.41 bits per heavy atom. The van der Waals surface area contributed by atoms with E-state index in [-0.39, 0.29) is 5.56 Å². The Bertz CT molecular complexity index is 414. The molecule has 0 aromatic heterocycles. The van der Waals surface area contributed by atoms with Crippen molar-refractivity contribution >= 4 is 11.7 Å². The lowest BCUT2D eigenvalue weighted by atomic mass is 10.1. The molecule has 4 heteroatoms. The van der Waals surface area contributed by atoms with Crippen molar-refractivity contribution in [3.63, 3.8) is 0 Å². The summed E-state index contributed by atoms with van der Waals surface area (Å²) in [6.45, 7) is 0.839. The van der Waals surface area contributed by atoms with E-state index in [2.05, 4.69) is 5.32 Å². The molecule has 0 amide bonds. The molecule has 3 nitrogen and oxygen atoms in total. The molecule has 1 fully saturated rings. The Balaban J connectivity index is 1.97. The second-order valence-corrected chi connectivity index (χ2v) is 4.53. The van der Waals surface area contributed by atoms with E-state index >= 15 is 0 Å². The summed E-state index contributed by atoms with van der Waals surface area (Å²) >= 11 is 0. The summed E-state index contributed by atoms with van der Waals surface area (Å²) in [5, 5.41) is 11.9. The number of hydrogen-bond donors (Lipinski definition) is 2. The molecule has 0 bridgehead atoms. The van der Waals surface area contributed by atoms with Gasteiger partial charge in [-0.2, -0.15) is 0 Å². The summed E-state index contributed by atoms with van der Waals surface area (Å²) in [4.78, 5) is 10.6. The molecule has 0 atom stereocenters. The average Bonchev–Trinajstić information content (AvgIpc) is 2.78. The largest absolute Gasteiger partial charge is 0.478 e. The summed E-state index contributed by atoms with van der Waals surface area (Å²) < 4.78 is 13.4. The van der Waals surface area contributed by atoms with Gasteiger partial charge in [-0.05, 0) is 37.0 Å². The van der Waals surface area contributed by atoms with Gasteiger partial charge in [0, 0.05) is 12.2 Å². The van der Waals surface area contributed by atoms with E-state index in [4.69, 9.17) is 5.11 Å². The van der Waals surface area contributed by atoms with Crippen LogP contribution < -0.4 is 5.32 Å². The van der Waals surface area contributed by atoms with Crippen LogP contribution in [-0.4, -0.2) is 17.6 Å². The van der Waals surface area contributed by atoms with Gasteiger partial charge in [0.1, 0.15) is 5.82 Å². The molecule has 0 saturated heterocycles. The lowest BCUT2D eigenvalue weighted by Gasteiger charge is -2.12. The standard InChI is InChI=1S/C13H16FNO2/c14-12-7-10(5-6-11(12)13(16)17)15-8-9-3-1-2-4-9/h5-7,9,15H,1-4,8H2,(H,16,17). The maximum Gasteiger partial charge on any atom is 0.338 e. The summed E-state index contributed by atoms with van der Waals surface area (Å²) in [6.07, 6.45) is 5.00. The first kappa shape index (κ1) is 11.9. The third kappa shape index (κ3) is 2.96. The fourth-order valence-corrected chi connectivity index (χ4v) is 2.28. The van der Waals surface area contributed by atoms with Crippen molar-refractivity contribution in [2.45, 2.75) is 25.7 Å². The van der Waals surface area contributed by atoms with Gasteiger partial charge in [-0.15, -0.1) is 0 Å². The molecule has 0 unspecified atom stereocenters. The summed E-state index contributed by atoms with van der Waals surface area (Å²) in [6, 6.07) is 4.16. The van der Waals surface area contributed by atoms with Crippen molar-refractivity contribution in [2.24, 2.45) is 5.92 Å². The fraction of sp³-hybridized carbons (Fsp3) is 0.462. The molecule has 1 aromatic carbocycles. The zero-order valence-corrected chi connectivity index (χ0v) is 9.58. The van der Waals surface area contributed by atoms with Crippen LogP contribution in [0.1, 0.15) is 36.0 Å². The molecule has 0 spiro atoms. The minimum absolute atomic E-state index is 0.281. The Morgan fingerprint density at radius 2 is 2.12 bits per heavy atom. The van der Waals surface area contributed by atoms with Crippen LogP contribution in [0, 0.1) is 11.7 Å². The minimum Gasteiger partial charge on any atom is -0.478 e. The number of nitrogens with one attached hydrogen (secondary N) is 1. The molecule has 1 aliphatic rings. The highest BCUT2D eigenvalue weighted by atomic mass is 19.1. The highest BCUT2D eigenvalue weighted by Gasteiger charge is 2.15. The SMILES string of the molecule is O=C(O)c1ccc(NCC2CCCC2)cc1F. The third-order valence-corrected chi connectivity index (χ3v) is 3.27. The number of carboxylic acid groups (broad SMARTS) is 1. The van der Waals surface area contributed by atoms with E-state index in [0.29, 0.717) is 11.6 Å². The fourth-order valence-electron chi connectivity index (χ4n) is 2.28. The minimum atomic E-state index is -1.23. The van der Waals surface area contributed by atoms with Crippen molar-refractivity contribution in [2.75, 3.05) is 11.9 Å². The first-order valence-electron chi connectivity index (χ1n) is 5.93. The molecular formula is C13H16FNO2. The molecule has 1 aromatic rings. The lowest BCUT2D eigenvalue weighted by Crippen LogP contribution is -2.11. The predicted molar refractivity (Wildman–Crippen MR) is 63.8 cm³/mol. The van der Waals surface area contributed by atoms with E-state index in [1.807, 2.05) is 0 Å². The van der Waals surface area contributed by atoms with Crippen LogP contribution in [0.15, 0.2) is 18.2 Å². The maximum absolute atomic E-state index is 13.4. The predicted octanol–water partition coefficient (Wildman–Crippen LogP) is 3.13. The monoisotopic (exact) mass is 237 g/mol. The van der Waals surface area contributed by atoms with Crippen LogP contribution in [0.3, 0.4) is 0 Å². The quantitative estimate of drug-likeness (QED) is 0.845. The van der Waals surface area contributed by atoms with Crippen molar-refractivity contribution in [3.8, 4) is 0 Å². The molecule has 2 N–H and O–H groups in total. The van der Waals surface area contributed by atoms with Crippen molar-refractivity contribution in [1.82, 2.24) is 0 Å². The molecule has 0 heterocycles. The van der Waals surface area contributed by atoms with Gasteiger partial charge >= 0.3 is 5.97 Å². The van der Waals surface area contributed by atoms with E-state index < -0.39 is 11.8 Å². The maximum atomic E-state index is 13.4. The van der Waals surface area contributed by atoms with Gasteiger partial charge in [0.15, 0.2) is 0 Å². The molecule has 0 radical (unpaired) electrons. The molecule has 17 heavy (non-hydrogen) atoms. The topological polar surface area (TPSA) is 49.3 Å². The van der Waals surface area contributed by atoms with Crippen LogP contribution in [0.4, 0.5) is 10.1 Å². The number of carbonyl (C=O) groups is 1. The van der Waals surface area contributed by atoms with Gasteiger partial charge in [-0.3, -0.25) is 0 Å². The molecule has 2 rings (SSSR count). The second-order valence-electron chi connectivity index (χ2n) is 4.53. The summed E-state index contributed by atoms with van der Waals surface area (Å²) in [5.41, 5.74) is 0.371. The third-order valence-electron chi connectivity index (χ3n) is 3.27. The summed E-state index contributed by atoms with van der Waals surface area (Å²) in [5.74, 6) is -1.25. The lowest BCUT2D eigenvalue weighted by molar-refractivity contribution is 0.0692. The van der Waals surface area contributed by atoms with E-state index in [0.717, 1.165) is 6.54 Å². The van der Waals surface area contributed by atoms with Gasteiger partial charge in [-0.1, -0.05) is 12.8 Å². The van der Waals surface area contributed by atoms with Crippen LogP contribution >= 0.6 is 0 Å². The van der Waals surface area contributed by atoms with E-state index in [1.165, 1.54) is 37.8 Å². The molecule has 92 valence electrons. The second kappa shape index (κ2) is 5.17. The highest BCUT2D eigenvalue weighted by Crippen LogP contribution is 2.25. The number of halogens is 1. The Labute approximate surface area is 99.7 Å². The molecular weight excluding hydrogens is 221 g/mol. The van der Waals surface area contributed by atoms with Crippen LogP contribution in [0.25, 0.3) is 0 Å². The zero-order valence-electron chi connectivity index (χ0n) is 9.58. The van der Waals surface area contributed by atoms with Gasteiger partial charge < -0.3 is 10.4 Å². The Morgan fingerprint density at radius 3 is 2.71 bits per heavy atom. The number of hydrogen-bond acceptors (Lipinski definition) is 2. The van der Waals surface area contributed by atoms with Gasteiger partial charge in [0.2, 0.25) is 0 Å². The van der Waals surface area contributed by atoms with Crippen LogP contribution in [0.5, 0.6) is 0 Å². The van der Waals surface area contributed by atoms with E-state index in [1.54, 1.807) is 6.07 Å². The number of rotatable bonds is 4. The first-order chi connectivity index (χ1) is 8.16. The van der Waals surface area contributed by atoms with Crippen molar-refractivity contribution in [1.29, 1.82) is 0 Å². The Hall–Kier alpha value is -1.58. The highest BCUT2D eigenvalue weighted by molar-refractivity contribution is 5.88. The number of aromatic carboxylic acids is 1. The first-order valence-corrected chi connectivity index (χ1v) is 5.93. The molecule has 1 aliphatic carbocycles. The van der Waals surface area contributed by atoms with Crippen LogP contribution in [-0.2, 0) is 0 Å².